The van der Waals surface area contributed by atoms with E-state index in [1.807, 2.05) is 6.07 Å². The monoisotopic (exact) mass is 283 g/mol. The minimum absolute atomic E-state index is 0.00353. The first kappa shape index (κ1) is 14.7. The second kappa shape index (κ2) is 7.14. The fourth-order valence-corrected chi connectivity index (χ4v) is 2.53. The van der Waals surface area contributed by atoms with Gasteiger partial charge in [-0.25, -0.2) is 4.21 Å². The Labute approximate surface area is 117 Å². The lowest BCUT2D eigenvalue weighted by atomic mass is 10.1. The summed E-state index contributed by atoms with van der Waals surface area (Å²) in [5, 5.41) is 0. The Morgan fingerprint density at radius 3 is 2.84 bits per heavy atom. The fourth-order valence-electron chi connectivity index (χ4n) is 2.19. The van der Waals surface area contributed by atoms with Gasteiger partial charge in [-0.1, -0.05) is 30.3 Å². The smallest absolute Gasteiger partial charge is 0.152 e. The molecule has 106 valence electrons. The zero-order valence-electron chi connectivity index (χ0n) is 11.5. The molecule has 1 aliphatic rings. The number of benzene rings is 1. The Balaban J connectivity index is 1.89. The predicted octanol–water partition coefficient (Wildman–Crippen LogP) is 1.59. The summed E-state index contributed by atoms with van der Waals surface area (Å²) in [6, 6.07) is 10.8. The molecule has 19 heavy (non-hydrogen) atoms. The van der Waals surface area contributed by atoms with Gasteiger partial charge in [0.1, 0.15) is 0 Å². The van der Waals surface area contributed by atoms with Crippen LogP contribution < -0.4 is 0 Å². The van der Waals surface area contributed by atoms with E-state index in [0.717, 1.165) is 13.1 Å². The Bertz CT molecular complexity index is 412. The molecular weight excluding hydrogens is 262 g/mol. The van der Waals surface area contributed by atoms with Crippen LogP contribution in [-0.4, -0.2) is 47.3 Å². The van der Waals surface area contributed by atoms with Crippen LogP contribution in [0, 0.1) is 0 Å². The third kappa shape index (κ3) is 4.69. The van der Waals surface area contributed by atoms with Crippen molar-refractivity contribution in [2.45, 2.75) is 25.6 Å². The van der Waals surface area contributed by atoms with Crippen LogP contribution in [0.5, 0.6) is 0 Å². The molecule has 0 N–H and O–H groups in total. The van der Waals surface area contributed by atoms with Crippen LogP contribution in [0.15, 0.2) is 30.3 Å². The largest absolute Gasteiger partial charge is 0.373 e. The van der Waals surface area contributed by atoms with Gasteiger partial charge in [0, 0.05) is 25.4 Å². The quantitative estimate of drug-likeness (QED) is 0.822. The van der Waals surface area contributed by atoms with E-state index in [9.17, 15) is 4.21 Å². The van der Waals surface area contributed by atoms with Crippen LogP contribution in [0.2, 0.25) is 0 Å². The van der Waals surface area contributed by atoms with Crippen LogP contribution in [0.4, 0.5) is 0 Å². The van der Waals surface area contributed by atoms with E-state index < -0.39 is 11.1 Å². The molecule has 1 aromatic carbocycles. The lowest BCUT2D eigenvalue weighted by molar-refractivity contribution is -0.0752. The first-order chi connectivity index (χ1) is 9.15. The maximum Gasteiger partial charge on any atom is 0.152 e. The van der Waals surface area contributed by atoms with E-state index in [0.29, 0.717) is 19.3 Å². The number of ether oxygens (including phenoxy) is 1. The van der Waals surface area contributed by atoms with Gasteiger partial charge >= 0.3 is 0 Å². The summed E-state index contributed by atoms with van der Waals surface area (Å²) in [5.74, 6) is 0. The Morgan fingerprint density at radius 1 is 1.42 bits per heavy atom. The van der Waals surface area contributed by atoms with Crippen molar-refractivity contribution in [1.29, 1.82) is 0 Å². The highest BCUT2D eigenvalue weighted by atomic mass is 32.2. The van der Waals surface area contributed by atoms with E-state index in [-0.39, 0.29) is 6.10 Å². The van der Waals surface area contributed by atoms with Crippen LogP contribution >= 0.6 is 0 Å². The highest BCUT2D eigenvalue weighted by molar-refractivity contribution is 7.79. The molecule has 0 spiro atoms. The number of morpholine rings is 1. The zero-order chi connectivity index (χ0) is 13.7. The molecule has 1 aromatic rings. The molecule has 0 bridgehead atoms. The first-order valence-corrected chi connectivity index (χ1v) is 7.99. The van der Waals surface area contributed by atoms with Gasteiger partial charge in [0.2, 0.25) is 0 Å². The van der Waals surface area contributed by atoms with E-state index in [2.05, 4.69) is 36.1 Å². The first-order valence-electron chi connectivity index (χ1n) is 6.51. The van der Waals surface area contributed by atoms with Gasteiger partial charge < -0.3 is 4.74 Å². The highest BCUT2D eigenvalue weighted by Crippen LogP contribution is 2.15. The topological polar surface area (TPSA) is 38.8 Å². The van der Waals surface area contributed by atoms with Gasteiger partial charge in [-0.3, -0.25) is 9.08 Å². The molecule has 3 atom stereocenters. The number of hydrogen-bond donors (Lipinski definition) is 0. The molecule has 2 unspecified atom stereocenters. The Morgan fingerprint density at radius 2 is 2.16 bits per heavy atom. The molecule has 2 rings (SSSR count). The van der Waals surface area contributed by atoms with E-state index >= 15 is 0 Å². The van der Waals surface area contributed by atoms with Crippen molar-refractivity contribution >= 4 is 11.1 Å². The number of nitrogens with zero attached hydrogens (tertiary/aromatic N) is 1. The van der Waals surface area contributed by atoms with Crippen LogP contribution in [0.25, 0.3) is 0 Å². The summed E-state index contributed by atoms with van der Waals surface area (Å²) < 4.78 is 21.8. The summed E-state index contributed by atoms with van der Waals surface area (Å²) in [4.78, 5) is 2.38. The molecule has 4 nitrogen and oxygen atoms in total. The van der Waals surface area contributed by atoms with Crippen molar-refractivity contribution in [2.75, 3.05) is 26.0 Å². The minimum Gasteiger partial charge on any atom is -0.373 e. The number of rotatable bonds is 5. The summed E-state index contributed by atoms with van der Waals surface area (Å²) in [5.41, 5.74) is 1.30. The second-order valence-corrected chi connectivity index (χ2v) is 5.94. The standard InChI is InChI=1S/C14H21NO3S/c1-12-10-17-14(11-18-19(2)16)9-15(12)8-13-6-4-3-5-7-13/h3-7,12,14H,8-11H2,1-2H3/t12?,14-,19?/m0/s1. The molecule has 0 aliphatic carbocycles. The van der Waals surface area contributed by atoms with Crippen LogP contribution in [0.3, 0.4) is 0 Å². The van der Waals surface area contributed by atoms with Gasteiger partial charge in [0.15, 0.2) is 11.1 Å². The van der Waals surface area contributed by atoms with E-state index in [4.69, 9.17) is 8.92 Å². The van der Waals surface area contributed by atoms with Crippen molar-refractivity contribution in [2.24, 2.45) is 0 Å². The second-order valence-electron chi connectivity index (χ2n) is 4.91. The summed E-state index contributed by atoms with van der Waals surface area (Å²) in [7, 11) is 0. The van der Waals surface area contributed by atoms with Gasteiger partial charge in [0.25, 0.3) is 0 Å². The molecular formula is C14H21NO3S. The lowest BCUT2D eigenvalue weighted by Gasteiger charge is -2.37. The van der Waals surface area contributed by atoms with E-state index in [1.54, 1.807) is 0 Å². The SMILES string of the molecule is CC1CO[C@H](COS(C)=O)CN1Cc1ccccc1. The molecule has 1 fully saturated rings. The molecule has 1 heterocycles. The molecule has 0 amide bonds. The van der Waals surface area contributed by atoms with Gasteiger partial charge in [-0.2, -0.15) is 0 Å². The van der Waals surface area contributed by atoms with Crippen molar-refractivity contribution in [3.8, 4) is 0 Å². The van der Waals surface area contributed by atoms with Crippen molar-refractivity contribution in [1.82, 2.24) is 4.90 Å². The van der Waals surface area contributed by atoms with Crippen LogP contribution in [-0.2, 0) is 26.5 Å². The normalized spacial score (nSPS) is 26.2. The molecule has 1 saturated heterocycles. The Kier molecular flexibility index (Phi) is 5.51. The fraction of sp³-hybridized carbons (Fsp3) is 0.571. The van der Waals surface area contributed by atoms with Gasteiger partial charge in [-0.05, 0) is 12.5 Å². The minimum atomic E-state index is -1.22. The summed E-state index contributed by atoms with van der Waals surface area (Å²) in [6.45, 7) is 4.97. The average Bonchev–Trinajstić information content (AvgIpc) is 2.41. The summed E-state index contributed by atoms with van der Waals surface area (Å²) >= 11 is -1.22. The average molecular weight is 283 g/mol. The predicted molar refractivity (Wildman–Crippen MR) is 76.1 cm³/mol. The summed E-state index contributed by atoms with van der Waals surface area (Å²) in [6.07, 6.45) is 1.54. The maximum atomic E-state index is 10.9. The molecule has 0 saturated carbocycles. The van der Waals surface area contributed by atoms with Gasteiger partial charge in [-0.15, -0.1) is 0 Å². The van der Waals surface area contributed by atoms with Crippen molar-refractivity contribution < 1.29 is 13.1 Å². The van der Waals surface area contributed by atoms with Crippen molar-refractivity contribution in [3.63, 3.8) is 0 Å². The lowest BCUT2D eigenvalue weighted by Crippen LogP contribution is -2.49. The van der Waals surface area contributed by atoms with Gasteiger partial charge in [0.05, 0.1) is 19.3 Å². The number of hydrogen-bond acceptors (Lipinski definition) is 4. The molecule has 5 heteroatoms. The molecule has 0 aromatic heterocycles. The maximum absolute atomic E-state index is 10.9. The molecule has 0 radical (unpaired) electrons. The van der Waals surface area contributed by atoms with Crippen molar-refractivity contribution in [3.05, 3.63) is 35.9 Å². The zero-order valence-corrected chi connectivity index (χ0v) is 12.3. The highest BCUT2D eigenvalue weighted by Gasteiger charge is 2.26. The van der Waals surface area contributed by atoms with E-state index in [1.165, 1.54) is 11.8 Å². The van der Waals surface area contributed by atoms with Crippen LogP contribution in [0.1, 0.15) is 12.5 Å². The third-order valence-electron chi connectivity index (χ3n) is 3.28. The third-order valence-corrected chi connectivity index (χ3v) is 3.75. The molecule has 1 aliphatic heterocycles. The Hall–Kier alpha value is -0.750.